The zero-order chi connectivity index (χ0) is 14.3. The summed E-state index contributed by atoms with van der Waals surface area (Å²) in [6, 6.07) is 3.44. The average Bonchev–Trinajstić information content (AvgIpc) is 2.37. The lowest BCUT2D eigenvalue weighted by atomic mass is 9.73. The molecule has 2 aliphatic heterocycles. The molecule has 3 heterocycles. The molecule has 1 N–H and O–H groups in total. The van der Waals surface area contributed by atoms with E-state index in [0.717, 1.165) is 44.0 Å². The highest BCUT2D eigenvalue weighted by atomic mass is 16.4. The van der Waals surface area contributed by atoms with Gasteiger partial charge in [0.05, 0.1) is 0 Å². The first-order chi connectivity index (χ1) is 9.49. The lowest BCUT2D eigenvalue weighted by Crippen LogP contribution is -2.61. The lowest BCUT2D eigenvalue weighted by molar-refractivity contribution is 0.0100. The number of nitrogens with zero attached hydrogens (tertiary/aromatic N) is 3. The van der Waals surface area contributed by atoms with E-state index in [2.05, 4.69) is 21.8 Å². The second kappa shape index (κ2) is 4.74. The maximum absolute atomic E-state index is 11.1. The molecular weight excluding hydrogens is 254 g/mol. The topological polar surface area (TPSA) is 56.7 Å². The molecule has 0 saturated carbocycles. The predicted octanol–water partition coefficient (Wildman–Crippen LogP) is 1.62. The number of pyridine rings is 1. The third-order valence-corrected chi connectivity index (χ3v) is 4.46. The smallest absolute Gasteiger partial charge is 0.354 e. The van der Waals surface area contributed by atoms with Crippen LogP contribution in [0.25, 0.3) is 0 Å². The van der Waals surface area contributed by atoms with Crippen LogP contribution in [0, 0.1) is 12.3 Å². The Labute approximate surface area is 119 Å². The summed E-state index contributed by atoms with van der Waals surface area (Å²) >= 11 is 0. The molecule has 0 amide bonds. The predicted molar refractivity (Wildman–Crippen MR) is 77.3 cm³/mol. The first kappa shape index (κ1) is 13.4. The number of hydrogen-bond donors (Lipinski definition) is 1. The normalized spacial score (nSPS) is 21.8. The largest absolute Gasteiger partial charge is 0.477 e. The fourth-order valence-corrected chi connectivity index (χ4v) is 3.70. The number of aryl methyl sites for hydroxylation is 1. The molecule has 5 nitrogen and oxygen atoms in total. The van der Waals surface area contributed by atoms with Gasteiger partial charge in [0.15, 0.2) is 5.69 Å². The molecule has 0 unspecified atom stereocenters. The van der Waals surface area contributed by atoms with Crippen molar-refractivity contribution >= 4 is 11.8 Å². The molecule has 108 valence electrons. The zero-order valence-electron chi connectivity index (χ0n) is 12.1. The van der Waals surface area contributed by atoms with Crippen LogP contribution < -0.4 is 4.90 Å². The third-order valence-electron chi connectivity index (χ3n) is 4.46. The van der Waals surface area contributed by atoms with E-state index < -0.39 is 5.97 Å². The standard InChI is InChI=1S/C15H21N3O2/c1-11-4-5-12(14(19)20)16-13(11)18-7-3-6-15(10-18)8-17(2)9-15/h4-5H,3,6-10H2,1-2H3,(H,19,20). The van der Waals surface area contributed by atoms with Crippen LogP contribution in [0.4, 0.5) is 5.82 Å². The summed E-state index contributed by atoms with van der Waals surface area (Å²) in [5.41, 5.74) is 1.58. The number of carboxylic acid groups (broad SMARTS) is 1. The van der Waals surface area contributed by atoms with Crippen molar-refractivity contribution in [2.75, 3.05) is 38.1 Å². The first-order valence-corrected chi connectivity index (χ1v) is 7.14. The highest BCUT2D eigenvalue weighted by Gasteiger charge is 2.44. The Hall–Kier alpha value is -1.62. The van der Waals surface area contributed by atoms with E-state index in [-0.39, 0.29) is 5.69 Å². The number of anilines is 1. The summed E-state index contributed by atoms with van der Waals surface area (Å²) in [7, 11) is 2.15. The fraction of sp³-hybridized carbons (Fsp3) is 0.600. The van der Waals surface area contributed by atoms with E-state index in [1.54, 1.807) is 6.07 Å². The molecule has 1 aromatic heterocycles. The van der Waals surface area contributed by atoms with Crippen LogP contribution in [0.15, 0.2) is 12.1 Å². The number of aromatic nitrogens is 1. The molecule has 1 spiro atoms. The summed E-state index contributed by atoms with van der Waals surface area (Å²) in [6.45, 7) is 6.25. The maximum atomic E-state index is 11.1. The van der Waals surface area contributed by atoms with Gasteiger partial charge in [0, 0.05) is 31.6 Å². The van der Waals surface area contributed by atoms with E-state index in [9.17, 15) is 4.79 Å². The minimum Gasteiger partial charge on any atom is -0.477 e. The Morgan fingerprint density at radius 1 is 1.35 bits per heavy atom. The number of rotatable bonds is 2. The van der Waals surface area contributed by atoms with Crippen LogP contribution in [0.2, 0.25) is 0 Å². The summed E-state index contributed by atoms with van der Waals surface area (Å²) < 4.78 is 0. The Morgan fingerprint density at radius 2 is 2.10 bits per heavy atom. The van der Waals surface area contributed by atoms with Gasteiger partial charge in [-0.25, -0.2) is 9.78 Å². The van der Waals surface area contributed by atoms with Gasteiger partial charge in [-0.3, -0.25) is 0 Å². The second-order valence-corrected chi connectivity index (χ2v) is 6.34. The van der Waals surface area contributed by atoms with Gasteiger partial charge in [0.1, 0.15) is 5.82 Å². The van der Waals surface area contributed by atoms with E-state index in [1.807, 2.05) is 13.0 Å². The summed E-state index contributed by atoms with van der Waals surface area (Å²) in [5, 5.41) is 9.11. The molecule has 1 aromatic rings. The third kappa shape index (κ3) is 2.26. The van der Waals surface area contributed by atoms with Gasteiger partial charge in [-0.2, -0.15) is 0 Å². The molecule has 20 heavy (non-hydrogen) atoms. The zero-order valence-corrected chi connectivity index (χ0v) is 12.1. The van der Waals surface area contributed by atoms with Crippen LogP contribution >= 0.6 is 0 Å². The molecule has 0 bridgehead atoms. The number of aromatic carboxylic acids is 1. The monoisotopic (exact) mass is 275 g/mol. The molecule has 0 radical (unpaired) electrons. The Morgan fingerprint density at radius 3 is 2.75 bits per heavy atom. The Bertz CT molecular complexity index is 532. The lowest BCUT2D eigenvalue weighted by Gasteiger charge is -2.54. The number of piperidine rings is 1. The van der Waals surface area contributed by atoms with Crippen LogP contribution in [0.5, 0.6) is 0 Å². The van der Waals surface area contributed by atoms with Crippen molar-refractivity contribution in [1.82, 2.24) is 9.88 Å². The van der Waals surface area contributed by atoms with Crippen molar-refractivity contribution in [2.45, 2.75) is 19.8 Å². The highest BCUT2D eigenvalue weighted by Crippen LogP contribution is 2.39. The first-order valence-electron chi connectivity index (χ1n) is 7.14. The van der Waals surface area contributed by atoms with Crippen molar-refractivity contribution in [2.24, 2.45) is 5.41 Å². The van der Waals surface area contributed by atoms with E-state index >= 15 is 0 Å². The van der Waals surface area contributed by atoms with Crippen molar-refractivity contribution in [3.05, 3.63) is 23.4 Å². The number of carboxylic acids is 1. The van der Waals surface area contributed by atoms with Crippen LogP contribution in [-0.4, -0.2) is 54.2 Å². The van der Waals surface area contributed by atoms with E-state index in [1.165, 1.54) is 6.42 Å². The summed E-state index contributed by atoms with van der Waals surface area (Å²) in [4.78, 5) is 20.1. The molecule has 0 aliphatic carbocycles. The molecule has 2 saturated heterocycles. The quantitative estimate of drug-likeness (QED) is 0.889. The van der Waals surface area contributed by atoms with Gasteiger partial charge in [0.2, 0.25) is 0 Å². The van der Waals surface area contributed by atoms with Gasteiger partial charge in [-0.1, -0.05) is 6.07 Å². The van der Waals surface area contributed by atoms with E-state index in [0.29, 0.717) is 5.41 Å². The number of hydrogen-bond acceptors (Lipinski definition) is 4. The van der Waals surface area contributed by atoms with Crippen molar-refractivity contribution < 1.29 is 9.90 Å². The maximum Gasteiger partial charge on any atom is 0.354 e. The Balaban J connectivity index is 1.85. The summed E-state index contributed by atoms with van der Waals surface area (Å²) in [6.07, 6.45) is 2.43. The van der Waals surface area contributed by atoms with Crippen molar-refractivity contribution in [1.29, 1.82) is 0 Å². The van der Waals surface area contributed by atoms with Crippen molar-refractivity contribution in [3.63, 3.8) is 0 Å². The highest BCUT2D eigenvalue weighted by molar-refractivity contribution is 5.86. The minimum atomic E-state index is -0.957. The minimum absolute atomic E-state index is 0.135. The Kier molecular flexibility index (Phi) is 3.17. The number of likely N-dealkylation sites (tertiary alicyclic amines) is 1. The van der Waals surface area contributed by atoms with Crippen molar-refractivity contribution in [3.8, 4) is 0 Å². The molecular formula is C15H21N3O2. The van der Waals surface area contributed by atoms with Gasteiger partial charge in [0.25, 0.3) is 0 Å². The van der Waals surface area contributed by atoms with Gasteiger partial charge >= 0.3 is 5.97 Å². The average molecular weight is 275 g/mol. The molecule has 3 rings (SSSR count). The molecule has 2 fully saturated rings. The van der Waals surface area contributed by atoms with Crippen LogP contribution in [0.1, 0.15) is 28.9 Å². The van der Waals surface area contributed by atoms with Gasteiger partial charge < -0.3 is 14.9 Å². The van der Waals surface area contributed by atoms with Crippen LogP contribution in [0.3, 0.4) is 0 Å². The number of carbonyl (C=O) groups is 1. The van der Waals surface area contributed by atoms with Gasteiger partial charge in [-0.05, 0) is 38.4 Å². The molecule has 0 atom stereocenters. The fourth-order valence-electron chi connectivity index (χ4n) is 3.70. The summed E-state index contributed by atoms with van der Waals surface area (Å²) in [5.74, 6) is -0.111. The van der Waals surface area contributed by atoms with E-state index in [4.69, 9.17) is 5.11 Å². The SMILES string of the molecule is Cc1ccc(C(=O)O)nc1N1CCCC2(CN(C)C2)C1. The molecule has 0 aromatic carbocycles. The molecule has 5 heteroatoms. The van der Waals surface area contributed by atoms with Crippen LogP contribution in [-0.2, 0) is 0 Å². The molecule has 2 aliphatic rings. The second-order valence-electron chi connectivity index (χ2n) is 6.34. The van der Waals surface area contributed by atoms with Gasteiger partial charge in [-0.15, -0.1) is 0 Å².